The van der Waals surface area contributed by atoms with Gasteiger partial charge in [-0.3, -0.25) is 0 Å². The predicted molar refractivity (Wildman–Crippen MR) is 61.9 cm³/mol. The molecule has 0 spiro atoms. The van der Waals surface area contributed by atoms with Crippen LogP contribution in [-0.4, -0.2) is 0 Å². The molecular formula is C13H22. The molecule has 0 nitrogen and oxygen atoms in total. The minimum Gasteiger partial charge on any atom is -0.0955 e. The van der Waals surface area contributed by atoms with Crippen LogP contribution in [0.2, 0.25) is 0 Å². The molecule has 13 heavy (non-hydrogen) atoms. The molecule has 0 saturated carbocycles. The molecule has 0 radical (unpaired) electrons. The van der Waals surface area contributed by atoms with Gasteiger partial charge in [0.25, 0.3) is 0 Å². The van der Waals surface area contributed by atoms with E-state index in [9.17, 15) is 0 Å². The Kier molecular flexibility index (Phi) is 4.59. The van der Waals surface area contributed by atoms with E-state index in [1.54, 1.807) is 0 Å². The zero-order chi connectivity index (χ0) is 9.52. The van der Waals surface area contributed by atoms with Crippen LogP contribution < -0.4 is 0 Å². The zero-order valence-corrected chi connectivity index (χ0v) is 8.68. The Bertz CT molecular complexity index is 223. The molecule has 0 heterocycles. The Balaban J connectivity index is 0.00000169. The molecule has 0 unspecified atom stereocenters. The number of hydrogen-bond donors (Lipinski definition) is 0. The van der Waals surface area contributed by atoms with Gasteiger partial charge in [0, 0.05) is 1.43 Å². The third-order valence-corrected chi connectivity index (χ3v) is 2.56. The third-order valence-electron chi connectivity index (χ3n) is 2.56. The fourth-order valence-electron chi connectivity index (χ4n) is 1.64. The summed E-state index contributed by atoms with van der Waals surface area (Å²) in [6.45, 7) is 6.37. The van der Waals surface area contributed by atoms with Crippen LogP contribution in [0.25, 0.3) is 0 Å². The fourth-order valence-corrected chi connectivity index (χ4v) is 1.64. The second-order valence-corrected chi connectivity index (χ2v) is 3.74. The normalized spacial score (nSPS) is 14.7. The minimum absolute atomic E-state index is 0. The molecule has 0 bridgehead atoms. The summed E-state index contributed by atoms with van der Waals surface area (Å²) in [7, 11) is 0. The number of rotatable bonds is 6. The second-order valence-electron chi connectivity index (χ2n) is 3.74. The number of allylic oxidation sites excluding steroid dienone is 5. The van der Waals surface area contributed by atoms with Crippen molar-refractivity contribution < 1.29 is 1.43 Å². The quantitative estimate of drug-likeness (QED) is 0.519. The van der Waals surface area contributed by atoms with Crippen LogP contribution in [0, 0.1) is 0 Å². The lowest BCUT2D eigenvalue weighted by atomic mass is 10.0. The van der Waals surface area contributed by atoms with Crippen molar-refractivity contribution in [1.29, 1.82) is 0 Å². The van der Waals surface area contributed by atoms with Crippen molar-refractivity contribution in [2.75, 3.05) is 0 Å². The highest BCUT2D eigenvalue weighted by Gasteiger charge is 2.03. The van der Waals surface area contributed by atoms with E-state index in [1.165, 1.54) is 43.3 Å². The Morgan fingerprint density at radius 1 is 1.46 bits per heavy atom. The molecule has 1 aliphatic carbocycles. The Morgan fingerprint density at radius 2 is 2.31 bits per heavy atom. The third kappa shape index (κ3) is 3.63. The van der Waals surface area contributed by atoms with E-state index in [2.05, 4.69) is 31.7 Å². The SMILES string of the molecule is C=C(CCCCCC)C1=CC=CC1.[HH]. The van der Waals surface area contributed by atoms with Gasteiger partial charge in [-0.15, -0.1) is 0 Å². The molecule has 0 aromatic carbocycles. The summed E-state index contributed by atoms with van der Waals surface area (Å²) in [4.78, 5) is 0. The molecule has 0 heteroatoms. The van der Waals surface area contributed by atoms with E-state index >= 15 is 0 Å². The first-order chi connectivity index (χ1) is 6.34. The fraction of sp³-hybridized carbons (Fsp3) is 0.538. The largest absolute Gasteiger partial charge is 0.0955 e. The average Bonchev–Trinajstić information content (AvgIpc) is 2.65. The summed E-state index contributed by atoms with van der Waals surface area (Å²) >= 11 is 0. The Hall–Kier alpha value is -0.780. The maximum Gasteiger partial charge on any atom is 0 e. The molecule has 0 aromatic rings. The first-order valence-corrected chi connectivity index (χ1v) is 5.38. The lowest BCUT2D eigenvalue weighted by molar-refractivity contribution is 0.666. The van der Waals surface area contributed by atoms with E-state index in [0.717, 1.165) is 6.42 Å². The molecule has 1 aliphatic rings. The van der Waals surface area contributed by atoms with Crippen molar-refractivity contribution in [1.82, 2.24) is 0 Å². The molecule has 0 fully saturated rings. The molecular weight excluding hydrogens is 156 g/mol. The van der Waals surface area contributed by atoms with E-state index in [0.29, 0.717) is 0 Å². The molecule has 1 rings (SSSR count). The lowest BCUT2D eigenvalue weighted by Crippen LogP contribution is -1.86. The van der Waals surface area contributed by atoms with E-state index in [1.807, 2.05) is 0 Å². The predicted octanol–water partition coefficient (Wildman–Crippen LogP) is 4.65. The van der Waals surface area contributed by atoms with Crippen molar-refractivity contribution in [2.24, 2.45) is 0 Å². The lowest BCUT2D eigenvalue weighted by Gasteiger charge is -2.05. The van der Waals surface area contributed by atoms with Gasteiger partial charge < -0.3 is 0 Å². The van der Waals surface area contributed by atoms with Gasteiger partial charge in [0.05, 0.1) is 0 Å². The smallest absolute Gasteiger partial charge is 0 e. The first-order valence-electron chi connectivity index (χ1n) is 5.38. The standard InChI is InChI=1S/C13H20.H2/c1-3-4-5-6-9-12(2)13-10-7-8-11-13;/h7-8,10H,2-6,9,11H2,1H3;1H. The van der Waals surface area contributed by atoms with Crippen molar-refractivity contribution >= 4 is 0 Å². The van der Waals surface area contributed by atoms with Crippen LogP contribution in [0.1, 0.15) is 46.9 Å². The molecule has 0 aromatic heterocycles. The van der Waals surface area contributed by atoms with E-state index < -0.39 is 0 Å². The first kappa shape index (κ1) is 10.3. The van der Waals surface area contributed by atoms with Gasteiger partial charge >= 0.3 is 0 Å². The number of hydrogen-bond acceptors (Lipinski definition) is 0. The van der Waals surface area contributed by atoms with E-state index in [-0.39, 0.29) is 1.43 Å². The van der Waals surface area contributed by atoms with Crippen molar-refractivity contribution in [3.63, 3.8) is 0 Å². The van der Waals surface area contributed by atoms with Crippen LogP contribution >= 0.6 is 0 Å². The minimum atomic E-state index is 0. The maximum atomic E-state index is 4.13. The van der Waals surface area contributed by atoms with Gasteiger partial charge in [-0.05, 0) is 24.8 Å². The molecule has 0 atom stereocenters. The highest BCUT2D eigenvalue weighted by atomic mass is 14.1. The summed E-state index contributed by atoms with van der Waals surface area (Å²) in [6, 6.07) is 0. The topological polar surface area (TPSA) is 0 Å². The molecule has 0 aliphatic heterocycles. The summed E-state index contributed by atoms with van der Waals surface area (Å²) in [6.07, 6.45) is 14.2. The van der Waals surface area contributed by atoms with Crippen molar-refractivity contribution in [3.8, 4) is 0 Å². The van der Waals surface area contributed by atoms with Gasteiger partial charge in [-0.2, -0.15) is 0 Å². The van der Waals surface area contributed by atoms with Crippen LogP contribution in [0.5, 0.6) is 0 Å². The van der Waals surface area contributed by atoms with Crippen molar-refractivity contribution in [3.05, 3.63) is 36.0 Å². The zero-order valence-electron chi connectivity index (χ0n) is 8.68. The average molecular weight is 178 g/mol. The summed E-state index contributed by atoms with van der Waals surface area (Å²) < 4.78 is 0. The van der Waals surface area contributed by atoms with Gasteiger partial charge in [0.2, 0.25) is 0 Å². The van der Waals surface area contributed by atoms with Crippen LogP contribution in [0.3, 0.4) is 0 Å². The van der Waals surface area contributed by atoms with E-state index in [4.69, 9.17) is 0 Å². The Labute approximate surface area is 83.5 Å². The summed E-state index contributed by atoms with van der Waals surface area (Å²) in [5.41, 5.74) is 2.79. The molecule has 74 valence electrons. The Morgan fingerprint density at radius 3 is 2.92 bits per heavy atom. The van der Waals surface area contributed by atoms with Gasteiger partial charge in [0.15, 0.2) is 0 Å². The highest BCUT2D eigenvalue weighted by Crippen LogP contribution is 2.22. The van der Waals surface area contributed by atoms with Gasteiger partial charge in [-0.1, -0.05) is 56.6 Å². The summed E-state index contributed by atoms with van der Waals surface area (Å²) in [5.74, 6) is 0. The molecule has 0 N–H and O–H groups in total. The van der Waals surface area contributed by atoms with Gasteiger partial charge in [0.1, 0.15) is 0 Å². The van der Waals surface area contributed by atoms with Crippen LogP contribution in [0.15, 0.2) is 36.0 Å². The monoisotopic (exact) mass is 178 g/mol. The highest BCUT2D eigenvalue weighted by molar-refractivity contribution is 5.37. The molecule has 0 amide bonds. The maximum absolute atomic E-state index is 4.13. The number of unbranched alkanes of at least 4 members (excludes halogenated alkanes) is 3. The molecule has 0 saturated heterocycles. The van der Waals surface area contributed by atoms with Gasteiger partial charge in [-0.25, -0.2) is 0 Å². The van der Waals surface area contributed by atoms with Crippen LogP contribution in [0.4, 0.5) is 0 Å². The van der Waals surface area contributed by atoms with Crippen molar-refractivity contribution in [2.45, 2.75) is 45.4 Å². The second kappa shape index (κ2) is 5.80. The van der Waals surface area contributed by atoms with Crippen LogP contribution in [-0.2, 0) is 0 Å². The summed E-state index contributed by atoms with van der Waals surface area (Å²) in [5, 5.41) is 0.